The second-order valence-electron chi connectivity index (χ2n) is 5.86. The van der Waals surface area contributed by atoms with Crippen LogP contribution in [0, 0.1) is 0 Å². The van der Waals surface area contributed by atoms with Crippen molar-refractivity contribution >= 4 is 0 Å². The van der Waals surface area contributed by atoms with Crippen LogP contribution in [-0.4, -0.2) is 32.5 Å². The molecule has 0 aliphatic heterocycles. The van der Waals surface area contributed by atoms with Crippen molar-refractivity contribution in [1.82, 2.24) is 5.32 Å². The lowest BCUT2D eigenvalue weighted by Gasteiger charge is -2.19. The van der Waals surface area contributed by atoms with Gasteiger partial charge in [-0.15, -0.1) is 0 Å². The van der Waals surface area contributed by atoms with E-state index in [0.29, 0.717) is 30.2 Å². The van der Waals surface area contributed by atoms with Gasteiger partial charge in [-0.3, -0.25) is 0 Å². The van der Waals surface area contributed by atoms with Crippen LogP contribution in [0.5, 0.6) is 17.2 Å². The molecule has 0 unspecified atom stereocenters. The van der Waals surface area contributed by atoms with Gasteiger partial charge in [-0.25, -0.2) is 0 Å². The van der Waals surface area contributed by atoms with Crippen molar-refractivity contribution in [2.24, 2.45) is 0 Å². The van der Waals surface area contributed by atoms with Gasteiger partial charge in [-0.2, -0.15) is 0 Å². The van der Waals surface area contributed by atoms with Crippen LogP contribution in [-0.2, 0) is 13.0 Å². The highest BCUT2D eigenvalue weighted by atomic mass is 16.5. The average Bonchev–Trinajstić information content (AvgIpc) is 2.94. The molecule has 0 heterocycles. The van der Waals surface area contributed by atoms with Gasteiger partial charge in [-0.1, -0.05) is 24.3 Å². The highest BCUT2D eigenvalue weighted by Gasteiger charge is 2.30. The number of nitrogens with one attached hydrogen (secondary N) is 1. The molecule has 24 heavy (non-hydrogen) atoms. The molecule has 2 atom stereocenters. The van der Waals surface area contributed by atoms with Crippen LogP contribution in [0.4, 0.5) is 0 Å². The molecular formula is C19H23NO4. The normalized spacial score (nSPS) is 19.0. The van der Waals surface area contributed by atoms with Gasteiger partial charge in [0.1, 0.15) is 0 Å². The number of aliphatic hydroxyl groups excluding tert-OH is 1. The number of rotatable bonds is 6. The Labute approximate surface area is 142 Å². The molecule has 0 fully saturated rings. The fraction of sp³-hybridized carbons (Fsp3) is 0.368. The van der Waals surface area contributed by atoms with Crippen molar-refractivity contribution in [3.05, 3.63) is 53.1 Å². The molecule has 0 amide bonds. The number of fused-ring (bicyclic) bond motifs is 1. The van der Waals surface area contributed by atoms with Gasteiger partial charge >= 0.3 is 0 Å². The molecule has 0 radical (unpaired) electrons. The summed E-state index contributed by atoms with van der Waals surface area (Å²) < 4.78 is 16.1. The van der Waals surface area contributed by atoms with Crippen LogP contribution in [0.15, 0.2) is 36.4 Å². The Bertz CT molecular complexity index is 691. The molecule has 2 N–H and O–H groups in total. The van der Waals surface area contributed by atoms with Crippen molar-refractivity contribution in [1.29, 1.82) is 0 Å². The second-order valence-corrected chi connectivity index (χ2v) is 5.86. The van der Waals surface area contributed by atoms with E-state index in [1.807, 2.05) is 24.3 Å². The largest absolute Gasteiger partial charge is 0.493 e. The number of benzene rings is 2. The van der Waals surface area contributed by atoms with E-state index in [1.165, 1.54) is 5.56 Å². The number of hydrogen-bond donors (Lipinski definition) is 2. The third-order valence-corrected chi connectivity index (χ3v) is 4.45. The maximum atomic E-state index is 10.3. The van der Waals surface area contributed by atoms with E-state index in [2.05, 4.69) is 17.4 Å². The lowest BCUT2D eigenvalue weighted by atomic mass is 10.1. The minimum atomic E-state index is -0.413. The molecule has 5 heteroatoms. The van der Waals surface area contributed by atoms with Gasteiger partial charge in [0.25, 0.3) is 0 Å². The minimum absolute atomic E-state index is 0.0692. The predicted molar refractivity (Wildman–Crippen MR) is 91.8 cm³/mol. The van der Waals surface area contributed by atoms with Crippen LogP contribution < -0.4 is 19.5 Å². The van der Waals surface area contributed by atoms with Crippen molar-refractivity contribution in [3.8, 4) is 17.2 Å². The van der Waals surface area contributed by atoms with Crippen molar-refractivity contribution < 1.29 is 19.3 Å². The van der Waals surface area contributed by atoms with E-state index >= 15 is 0 Å². The van der Waals surface area contributed by atoms with Crippen molar-refractivity contribution in [2.45, 2.75) is 25.1 Å². The highest BCUT2D eigenvalue weighted by molar-refractivity contribution is 5.53. The Kier molecular flexibility index (Phi) is 4.92. The molecule has 1 aliphatic carbocycles. The molecule has 5 nitrogen and oxygen atoms in total. The quantitative estimate of drug-likeness (QED) is 0.852. The zero-order valence-electron chi connectivity index (χ0n) is 14.2. The van der Waals surface area contributed by atoms with E-state index in [1.54, 1.807) is 21.3 Å². The molecular weight excluding hydrogens is 306 g/mol. The maximum Gasteiger partial charge on any atom is 0.203 e. The maximum absolute atomic E-state index is 10.3. The lowest BCUT2D eigenvalue weighted by molar-refractivity contribution is 0.140. The summed E-state index contributed by atoms with van der Waals surface area (Å²) in [5.74, 6) is 1.83. The summed E-state index contributed by atoms with van der Waals surface area (Å²) in [5.41, 5.74) is 3.37. The highest BCUT2D eigenvalue weighted by Crippen LogP contribution is 2.38. The van der Waals surface area contributed by atoms with E-state index in [4.69, 9.17) is 14.2 Å². The number of ether oxygens (including phenoxy) is 3. The lowest BCUT2D eigenvalue weighted by Crippen LogP contribution is -2.28. The zero-order valence-corrected chi connectivity index (χ0v) is 14.2. The first-order valence-corrected chi connectivity index (χ1v) is 7.96. The smallest absolute Gasteiger partial charge is 0.203 e. The standard InChI is InChI=1S/C19H23NO4/c1-22-16-8-12(9-17(23-2)19(16)24-3)11-20-18-14-7-5-4-6-13(14)10-15(18)21/h4-9,15,18,20-21H,10-11H2,1-3H3/t15-,18+/m1/s1. The Morgan fingerprint density at radius 3 is 2.33 bits per heavy atom. The minimum Gasteiger partial charge on any atom is -0.493 e. The second kappa shape index (κ2) is 7.11. The van der Waals surface area contributed by atoms with Crippen LogP contribution in [0.1, 0.15) is 22.7 Å². The summed E-state index contributed by atoms with van der Waals surface area (Å²) in [6, 6.07) is 11.9. The summed E-state index contributed by atoms with van der Waals surface area (Å²) in [6.07, 6.45) is 0.271. The third-order valence-electron chi connectivity index (χ3n) is 4.45. The molecule has 0 saturated carbocycles. The van der Waals surface area contributed by atoms with Crippen molar-refractivity contribution in [2.75, 3.05) is 21.3 Å². The van der Waals surface area contributed by atoms with Crippen LogP contribution in [0.2, 0.25) is 0 Å². The molecule has 0 bridgehead atoms. The summed E-state index contributed by atoms with van der Waals surface area (Å²) in [7, 11) is 4.79. The third kappa shape index (κ3) is 3.05. The number of hydrogen-bond acceptors (Lipinski definition) is 5. The van der Waals surface area contributed by atoms with Gasteiger partial charge < -0.3 is 24.6 Å². The Morgan fingerprint density at radius 1 is 1.04 bits per heavy atom. The number of aliphatic hydroxyl groups is 1. The monoisotopic (exact) mass is 329 g/mol. The van der Waals surface area contributed by atoms with E-state index in [9.17, 15) is 5.11 Å². The number of methoxy groups -OCH3 is 3. The first-order chi connectivity index (χ1) is 11.7. The summed E-state index contributed by atoms with van der Waals surface area (Å²) in [6.45, 7) is 0.590. The molecule has 2 aromatic carbocycles. The first-order valence-electron chi connectivity index (χ1n) is 7.96. The van der Waals surface area contributed by atoms with Gasteiger partial charge in [0.15, 0.2) is 11.5 Å². The summed E-state index contributed by atoms with van der Waals surface area (Å²) >= 11 is 0. The predicted octanol–water partition coefficient (Wildman–Crippen LogP) is 2.46. The molecule has 128 valence electrons. The molecule has 0 spiro atoms. The van der Waals surface area contributed by atoms with Crippen molar-refractivity contribution in [3.63, 3.8) is 0 Å². The zero-order chi connectivity index (χ0) is 17.1. The molecule has 0 saturated heterocycles. The van der Waals surface area contributed by atoms with E-state index < -0.39 is 6.10 Å². The first kappa shape index (κ1) is 16.6. The van der Waals surface area contributed by atoms with Gasteiger partial charge in [0, 0.05) is 13.0 Å². The van der Waals surface area contributed by atoms with Crippen LogP contribution >= 0.6 is 0 Å². The Morgan fingerprint density at radius 2 is 1.71 bits per heavy atom. The average molecular weight is 329 g/mol. The summed E-state index contributed by atoms with van der Waals surface area (Å²) in [5, 5.41) is 13.8. The fourth-order valence-electron chi connectivity index (χ4n) is 3.29. The SMILES string of the molecule is COc1cc(CN[C@H]2c3ccccc3C[C@H]2O)cc(OC)c1OC. The van der Waals surface area contributed by atoms with E-state index in [0.717, 1.165) is 11.1 Å². The Balaban J connectivity index is 1.80. The fourth-order valence-corrected chi connectivity index (χ4v) is 3.29. The Hall–Kier alpha value is -2.24. The van der Waals surface area contributed by atoms with Crippen LogP contribution in [0.3, 0.4) is 0 Å². The molecule has 3 rings (SSSR count). The van der Waals surface area contributed by atoms with Gasteiger partial charge in [0.2, 0.25) is 5.75 Å². The molecule has 0 aromatic heterocycles. The summed E-state index contributed by atoms with van der Waals surface area (Å²) in [4.78, 5) is 0. The topological polar surface area (TPSA) is 60.0 Å². The van der Waals surface area contributed by atoms with Gasteiger partial charge in [0.05, 0.1) is 33.5 Å². The van der Waals surface area contributed by atoms with Gasteiger partial charge in [-0.05, 0) is 28.8 Å². The van der Waals surface area contributed by atoms with E-state index in [-0.39, 0.29) is 6.04 Å². The molecule has 2 aromatic rings. The van der Waals surface area contributed by atoms with Crippen LogP contribution in [0.25, 0.3) is 0 Å². The molecule has 1 aliphatic rings.